The molecule has 1 atom stereocenters. The van der Waals surface area contributed by atoms with E-state index in [9.17, 15) is 9.59 Å². The third-order valence-corrected chi connectivity index (χ3v) is 3.43. The number of rotatable bonds is 9. The summed E-state index contributed by atoms with van der Waals surface area (Å²) in [6, 6.07) is 0. The Balaban J connectivity index is 3.42. The van der Waals surface area contributed by atoms with E-state index in [1.807, 2.05) is 34.6 Å². The standard InChI is InChI=1S/C16H32N2O2/c1-6-13(2)14(19)17-11-9-7-8-10-12-18-15(20)16(3,4)5/h13H,6-12H2,1-5H3,(H,17,19)(H,18,20). The maximum absolute atomic E-state index is 11.6. The van der Waals surface area contributed by atoms with Crippen molar-refractivity contribution in [1.82, 2.24) is 10.6 Å². The van der Waals surface area contributed by atoms with E-state index >= 15 is 0 Å². The van der Waals surface area contributed by atoms with Gasteiger partial charge in [-0.05, 0) is 19.3 Å². The number of nitrogens with one attached hydrogen (secondary N) is 2. The third kappa shape index (κ3) is 8.94. The van der Waals surface area contributed by atoms with E-state index in [1.54, 1.807) is 0 Å². The molecule has 0 fully saturated rings. The third-order valence-electron chi connectivity index (χ3n) is 3.43. The Morgan fingerprint density at radius 1 is 0.950 bits per heavy atom. The van der Waals surface area contributed by atoms with Crippen molar-refractivity contribution in [3.63, 3.8) is 0 Å². The summed E-state index contributed by atoms with van der Waals surface area (Å²) in [5.41, 5.74) is -0.305. The molecular formula is C16H32N2O2. The molecule has 0 aliphatic carbocycles. The minimum atomic E-state index is -0.305. The molecule has 0 aromatic heterocycles. The minimum absolute atomic E-state index is 0.110. The molecule has 0 aliphatic heterocycles. The van der Waals surface area contributed by atoms with Gasteiger partial charge in [-0.3, -0.25) is 9.59 Å². The fourth-order valence-electron chi connectivity index (χ4n) is 1.64. The highest BCUT2D eigenvalue weighted by atomic mass is 16.2. The van der Waals surface area contributed by atoms with Gasteiger partial charge in [-0.1, -0.05) is 47.5 Å². The Kier molecular flexibility index (Phi) is 9.26. The zero-order chi connectivity index (χ0) is 15.6. The summed E-state index contributed by atoms with van der Waals surface area (Å²) in [7, 11) is 0. The molecule has 0 spiro atoms. The molecule has 4 heteroatoms. The van der Waals surface area contributed by atoms with Crippen LogP contribution in [0.5, 0.6) is 0 Å². The number of unbranched alkanes of at least 4 members (excludes halogenated alkanes) is 3. The van der Waals surface area contributed by atoms with Gasteiger partial charge in [0.2, 0.25) is 11.8 Å². The van der Waals surface area contributed by atoms with Crippen LogP contribution in [0.15, 0.2) is 0 Å². The lowest BCUT2D eigenvalue weighted by atomic mass is 9.96. The molecule has 0 bridgehead atoms. The van der Waals surface area contributed by atoms with Crippen LogP contribution in [0.4, 0.5) is 0 Å². The zero-order valence-corrected chi connectivity index (χ0v) is 13.8. The van der Waals surface area contributed by atoms with Gasteiger partial charge in [0.1, 0.15) is 0 Å². The minimum Gasteiger partial charge on any atom is -0.356 e. The van der Waals surface area contributed by atoms with E-state index in [0.717, 1.165) is 45.2 Å². The lowest BCUT2D eigenvalue weighted by molar-refractivity contribution is -0.128. The van der Waals surface area contributed by atoms with Crippen molar-refractivity contribution in [2.75, 3.05) is 13.1 Å². The number of carbonyl (C=O) groups is 2. The predicted molar refractivity (Wildman–Crippen MR) is 83.4 cm³/mol. The molecule has 0 aromatic carbocycles. The topological polar surface area (TPSA) is 58.2 Å². The predicted octanol–water partition coefficient (Wildman–Crippen LogP) is 2.87. The number of amides is 2. The molecule has 2 N–H and O–H groups in total. The summed E-state index contributed by atoms with van der Waals surface area (Å²) >= 11 is 0. The van der Waals surface area contributed by atoms with E-state index in [2.05, 4.69) is 10.6 Å². The highest BCUT2D eigenvalue weighted by molar-refractivity contribution is 5.81. The summed E-state index contributed by atoms with van der Waals surface area (Å²) in [6.07, 6.45) is 5.08. The highest BCUT2D eigenvalue weighted by Gasteiger charge is 2.19. The lowest BCUT2D eigenvalue weighted by Crippen LogP contribution is -2.35. The first-order chi connectivity index (χ1) is 9.29. The van der Waals surface area contributed by atoms with Crippen molar-refractivity contribution in [3.8, 4) is 0 Å². The molecule has 4 nitrogen and oxygen atoms in total. The molecule has 0 aromatic rings. The fourth-order valence-corrected chi connectivity index (χ4v) is 1.64. The first-order valence-electron chi connectivity index (χ1n) is 7.85. The SMILES string of the molecule is CCC(C)C(=O)NCCCCCCNC(=O)C(C)(C)C. The Labute approximate surface area is 124 Å². The largest absolute Gasteiger partial charge is 0.356 e. The van der Waals surface area contributed by atoms with Gasteiger partial charge in [0, 0.05) is 24.4 Å². The first kappa shape index (κ1) is 18.9. The molecule has 0 saturated heterocycles. The van der Waals surface area contributed by atoms with Crippen LogP contribution in [0.3, 0.4) is 0 Å². The molecule has 0 aliphatic rings. The Hall–Kier alpha value is -1.06. The first-order valence-corrected chi connectivity index (χ1v) is 7.85. The van der Waals surface area contributed by atoms with Gasteiger partial charge in [-0.25, -0.2) is 0 Å². The van der Waals surface area contributed by atoms with Crippen molar-refractivity contribution in [1.29, 1.82) is 0 Å². The van der Waals surface area contributed by atoms with Crippen LogP contribution in [0.1, 0.15) is 66.7 Å². The summed E-state index contributed by atoms with van der Waals surface area (Å²) in [6.45, 7) is 11.2. The second-order valence-corrected chi connectivity index (χ2v) is 6.52. The fraction of sp³-hybridized carbons (Fsp3) is 0.875. The van der Waals surface area contributed by atoms with Gasteiger partial charge in [0.05, 0.1) is 0 Å². The monoisotopic (exact) mass is 284 g/mol. The van der Waals surface area contributed by atoms with Gasteiger partial charge in [0.25, 0.3) is 0 Å². The number of carbonyl (C=O) groups excluding carboxylic acids is 2. The van der Waals surface area contributed by atoms with Gasteiger partial charge >= 0.3 is 0 Å². The van der Waals surface area contributed by atoms with Crippen LogP contribution in [-0.4, -0.2) is 24.9 Å². The van der Waals surface area contributed by atoms with Gasteiger partial charge < -0.3 is 10.6 Å². The van der Waals surface area contributed by atoms with Crippen molar-refractivity contribution in [2.45, 2.75) is 66.7 Å². The summed E-state index contributed by atoms with van der Waals surface area (Å²) in [5, 5.41) is 5.90. The van der Waals surface area contributed by atoms with Gasteiger partial charge in [0.15, 0.2) is 0 Å². The van der Waals surface area contributed by atoms with E-state index in [4.69, 9.17) is 0 Å². The normalized spacial score (nSPS) is 12.8. The summed E-state index contributed by atoms with van der Waals surface area (Å²) in [4.78, 5) is 23.1. The molecule has 0 heterocycles. The van der Waals surface area contributed by atoms with Crippen LogP contribution in [-0.2, 0) is 9.59 Å². The van der Waals surface area contributed by atoms with Gasteiger partial charge in [-0.2, -0.15) is 0 Å². The van der Waals surface area contributed by atoms with E-state index in [1.165, 1.54) is 0 Å². The van der Waals surface area contributed by atoms with E-state index in [-0.39, 0.29) is 23.1 Å². The van der Waals surface area contributed by atoms with Crippen LogP contribution in [0.25, 0.3) is 0 Å². The van der Waals surface area contributed by atoms with Crippen LogP contribution in [0.2, 0.25) is 0 Å². The lowest BCUT2D eigenvalue weighted by Gasteiger charge is -2.17. The Morgan fingerprint density at radius 3 is 1.90 bits per heavy atom. The van der Waals surface area contributed by atoms with Crippen LogP contribution < -0.4 is 10.6 Å². The van der Waals surface area contributed by atoms with Crippen LogP contribution in [0, 0.1) is 11.3 Å². The molecule has 0 saturated carbocycles. The summed E-state index contributed by atoms with van der Waals surface area (Å²) < 4.78 is 0. The van der Waals surface area contributed by atoms with Crippen molar-refractivity contribution in [3.05, 3.63) is 0 Å². The Morgan fingerprint density at radius 2 is 1.45 bits per heavy atom. The second kappa shape index (κ2) is 9.78. The molecular weight excluding hydrogens is 252 g/mol. The number of hydrogen-bond acceptors (Lipinski definition) is 2. The highest BCUT2D eigenvalue weighted by Crippen LogP contribution is 2.12. The van der Waals surface area contributed by atoms with Gasteiger partial charge in [-0.15, -0.1) is 0 Å². The molecule has 20 heavy (non-hydrogen) atoms. The maximum Gasteiger partial charge on any atom is 0.225 e. The molecule has 2 amide bonds. The van der Waals surface area contributed by atoms with Crippen molar-refractivity contribution in [2.24, 2.45) is 11.3 Å². The molecule has 0 rings (SSSR count). The maximum atomic E-state index is 11.6. The Bertz CT molecular complexity index is 295. The van der Waals surface area contributed by atoms with Crippen molar-refractivity contribution < 1.29 is 9.59 Å². The quantitative estimate of drug-likeness (QED) is 0.640. The zero-order valence-electron chi connectivity index (χ0n) is 13.8. The van der Waals surface area contributed by atoms with Crippen molar-refractivity contribution >= 4 is 11.8 Å². The number of hydrogen-bond donors (Lipinski definition) is 2. The molecule has 118 valence electrons. The second-order valence-electron chi connectivity index (χ2n) is 6.52. The average Bonchev–Trinajstić information content (AvgIpc) is 2.38. The van der Waals surface area contributed by atoms with E-state index in [0.29, 0.717) is 0 Å². The molecule has 0 radical (unpaired) electrons. The van der Waals surface area contributed by atoms with Crippen LogP contribution >= 0.6 is 0 Å². The smallest absolute Gasteiger partial charge is 0.225 e. The summed E-state index contributed by atoms with van der Waals surface area (Å²) in [5.74, 6) is 0.380. The molecule has 1 unspecified atom stereocenters. The van der Waals surface area contributed by atoms with E-state index < -0.39 is 0 Å². The average molecular weight is 284 g/mol.